The molecule has 1 atom stereocenters. The Morgan fingerprint density at radius 3 is 2.42 bits per heavy atom. The summed E-state index contributed by atoms with van der Waals surface area (Å²) < 4.78 is 0. The fourth-order valence-electron chi connectivity index (χ4n) is 1.48. The highest BCUT2D eigenvalue weighted by atomic mass is 16.3. The van der Waals surface area contributed by atoms with Crippen LogP contribution in [0.25, 0.3) is 0 Å². The average Bonchev–Trinajstić information content (AvgIpc) is 2.04. The number of aliphatic hydroxyl groups is 2. The molecule has 12 heavy (non-hydrogen) atoms. The van der Waals surface area contributed by atoms with Gasteiger partial charge in [-0.05, 0) is 32.9 Å². The zero-order valence-corrected chi connectivity index (χ0v) is 7.21. The Balaban J connectivity index is 2.62. The van der Waals surface area contributed by atoms with Crippen LogP contribution in [0.3, 0.4) is 0 Å². The maximum Gasteiger partial charge on any atom is 0.192 e. The van der Waals surface area contributed by atoms with Gasteiger partial charge in [0.2, 0.25) is 0 Å². The van der Waals surface area contributed by atoms with Crippen molar-refractivity contribution in [2.24, 2.45) is 0 Å². The molecule has 4 heteroatoms. The lowest BCUT2D eigenvalue weighted by Gasteiger charge is -2.31. The van der Waals surface area contributed by atoms with Gasteiger partial charge in [-0.1, -0.05) is 0 Å². The second kappa shape index (κ2) is 3.51. The Morgan fingerprint density at radius 2 is 2.00 bits per heavy atom. The van der Waals surface area contributed by atoms with Crippen LogP contribution in [0.1, 0.15) is 19.8 Å². The van der Waals surface area contributed by atoms with Gasteiger partial charge < -0.3 is 15.5 Å². The first kappa shape index (κ1) is 9.64. The van der Waals surface area contributed by atoms with E-state index in [1.165, 1.54) is 6.92 Å². The molecule has 1 aliphatic rings. The lowest BCUT2D eigenvalue weighted by atomic mass is 9.86. The van der Waals surface area contributed by atoms with Gasteiger partial charge in [-0.3, -0.25) is 4.79 Å². The van der Waals surface area contributed by atoms with Crippen molar-refractivity contribution < 1.29 is 15.0 Å². The number of hydrogen-bond acceptors (Lipinski definition) is 4. The van der Waals surface area contributed by atoms with E-state index in [0.717, 1.165) is 0 Å². The standard InChI is InChI=1S/C8H15NO3/c1-6(10)7(11)8(12)2-4-9-5-3-8/h6,9-10,12H,2-5H2,1H3. The smallest absolute Gasteiger partial charge is 0.192 e. The Kier molecular flexibility index (Phi) is 2.82. The van der Waals surface area contributed by atoms with Crippen LogP contribution in [-0.4, -0.2) is 40.8 Å². The minimum Gasteiger partial charge on any atom is -0.385 e. The van der Waals surface area contributed by atoms with Crippen LogP contribution in [0.4, 0.5) is 0 Å². The number of aliphatic hydroxyl groups excluding tert-OH is 1. The first-order chi connectivity index (χ1) is 5.56. The molecule has 1 fully saturated rings. The van der Waals surface area contributed by atoms with E-state index in [1.807, 2.05) is 0 Å². The summed E-state index contributed by atoms with van der Waals surface area (Å²) in [4.78, 5) is 11.3. The maximum absolute atomic E-state index is 11.3. The zero-order chi connectivity index (χ0) is 9.19. The van der Waals surface area contributed by atoms with E-state index in [1.54, 1.807) is 0 Å². The highest BCUT2D eigenvalue weighted by molar-refractivity contribution is 5.90. The van der Waals surface area contributed by atoms with Crippen molar-refractivity contribution in [3.8, 4) is 0 Å². The van der Waals surface area contributed by atoms with Crippen LogP contribution >= 0.6 is 0 Å². The molecule has 1 unspecified atom stereocenters. The molecule has 0 aromatic rings. The fraction of sp³-hybridized carbons (Fsp3) is 0.875. The van der Waals surface area contributed by atoms with Gasteiger partial charge >= 0.3 is 0 Å². The quantitative estimate of drug-likeness (QED) is 0.503. The van der Waals surface area contributed by atoms with Gasteiger partial charge in [-0.15, -0.1) is 0 Å². The number of carbonyl (C=O) groups is 1. The van der Waals surface area contributed by atoms with E-state index < -0.39 is 17.5 Å². The molecular formula is C8H15NO3. The first-order valence-corrected chi connectivity index (χ1v) is 4.22. The van der Waals surface area contributed by atoms with Crippen molar-refractivity contribution in [3.63, 3.8) is 0 Å². The third-order valence-corrected chi connectivity index (χ3v) is 2.27. The summed E-state index contributed by atoms with van der Waals surface area (Å²) in [6.45, 7) is 2.66. The van der Waals surface area contributed by atoms with Crippen molar-refractivity contribution in [1.82, 2.24) is 5.32 Å². The molecule has 0 aliphatic carbocycles. The number of Topliss-reactive ketones (excluding diaryl/α,β-unsaturated/α-hetero) is 1. The lowest BCUT2D eigenvalue weighted by molar-refractivity contribution is -0.147. The van der Waals surface area contributed by atoms with Gasteiger partial charge in [0.1, 0.15) is 11.7 Å². The van der Waals surface area contributed by atoms with Gasteiger partial charge in [0.25, 0.3) is 0 Å². The summed E-state index contributed by atoms with van der Waals surface area (Å²) >= 11 is 0. The summed E-state index contributed by atoms with van der Waals surface area (Å²) in [6.07, 6.45) is -0.263. The summed E-state index contributed by atoms with van der Waals surface area (Å²) in [5.74, 6) is -0.455. The second-order valence-corrected chi connectivity index (χ2v) is 3.32. The number of hydrogen-bond donors (Lipinski definition) is 3. The van der Waals surface area contributed by atoms with E-state index in [4.69, 9.17) is 5.11 Å². The van der Waals surface area contributed by atoms with Gasteiger partial charge in [-0.2, -0.15) is 0 Å². The monoisotopic (exact) mass is 173 g/mol. The van der Waals surface area contributed by atoms with Crippen molar-refractivity contribution >= 4 is 5.78 Å². The number of nitrogens with one attached hydrogen (secondary N) is 1. The molecular weight excluding hydrogens is 158 g/mol. The third-order valence-electron chi connectivity index (χ3n) is 2.27. The summed E-state index contributed by atoms with van der Waals surface area (Å²) in [6, 6.07) is 0. The highest BCUT2D eigenvalue weighted by Gasteiger charge is 2.38. The third kappa shape index (κ3) is 1.83. The molecule has 70 valence electrons. The highest BCUT2D eigenvalue weighted by Crippen LogP contribution is 2.20. The second-order valence-electron chi connectivity index (χ2n) is 3.32. The Bertz CT molecular complexity index is 173. The van der Waals surface area contributed by atoms with Crippen LogP contribution < -0.4 is 5.32 Å². The number of carbonyl (C=O) groups excluding carboxylic acids is 1. The van der Waals surface area contributed by atoms with Crippen LogP contribution in [0.2, 0.25) is 0 Å². The largest absolute Gasteiger partial charge is 0.385 e. The number of rotatable bonds is 2. The Morgan fingerprint density at radius 1 is 1.50 bits per heavy atom. The summed E-state index contributed by atoms with van der Waals surface area (Å²) in [5.41, 5.74) is -1.29. The molecule has 0 bridgehead atoms. The molecule has 3 N–H and O–H groups in total. The molecule has 4 nitrogen and oxygen atoms in total. The maximum atomic E-state index is 11.3. The molecule has 0 aromatic heterocycles. The van der Waals surface area contributed by atoms with E-state index in [-0.39, 0.29) is 0 Å². The van der Waals surface area contributed by atoms with Gasteiger partial charge in [0.15, 0.2) is 5.78 Å². The molecule has 0 radical (unpaired) electrons. The molecule has 0 aromatic carbocycles. The summed E-state index contributed by atoms with van der Waals surface area (Å²) in [5, 5.41) is 21.8. The Hall–Kier alpha value is -0.450. The van der Waals surface area contributed by atoms with E-state index in [2.05, 4.69) is 5.32 Å². The van der Waals surface area contributed by atoms with Crippen LogP contribution in [-0.2, 0) is 4.79 Å². The van der Waals surface area contributed by atoms with E-state index in [0.29, 0.717) is 25.9 Å². The normalized spacial score (nSPS) is 24.9. The molecule has 1 heterocycles. The Labute approximate surface area is 71.6 Å². The van der Waals surface area contributed by atoms with Crippen molar-refractivity contribution in [2.75, 3.05) is 13.1 Å². The molecule has 1 aliphatic heterocycles. The predicted molar refractivity (Wildman–Crippen MR) is 43.7 cm³/mol. The van der Waals surface area contributed by atoms with Gasteiger partial charge in [0.05, 0.1) is 0 Å². The van der Waals surface area contributed by atoms with Crippen LogP contribution in [0.15, 0.2) is 0 Å². The molecule has 0 saturated carbocycles. The zero-order valence-electron chi connectivity index (χ0n) is 7.21. The fourth-order valence-corrected chi connectivity index (χ4v) is 1.48. The first-order valence-electron chi connectivity index (χ1n) is 4.22. The molecule has 0 amide bonds. The van der Waals surface area contributed by atoms with Crippen LogP contribution in [0.5, 0.6) is 0 Å². The summed E-state index contributed by atoms with van der Waals surface area (Å²) in [7, 11) is 0. The minimum absolute atomic E-state index is 0.400. The molecule has 1 rings (SSSR count). The molecule has 0 spiro atoms. The number of ketones is 1. The topological polar surface area (TPSA) is 69.6 Å². The van der Waals surface area contributed by atoms with E-state index in [9.17, 15) is 9.90 Å². The SMILES string of the molecule is CC(O)C(=O)C1(O)CCNCC1. The van der Waals surface area contributed by atoms with E-state index >= 15 is 0 Å². The van der Waals surface area contributed by atoms with Crippen molar-refractivity contribution in [1.29, 1.82) is 0 Å². The molecule has 1 saturated heterocycles. The predicted octanol–water partition coefficient (Wildman–Crippen LogP) is -0.949. The van der Waals surface area contributed by atoms with Crippen LogP contribution in [0, 0.1) is 0 Å². The average molecular weight is 173 g/mol. The lowest BCUT2D eigenvalue weighted by Crippen LogP contribution is -2.51. The van der Waals surface area contributed by atoms with Crippen molar-refractivity contribution in [2.45, 2.75) is 31.5 Å². The van der Waals surface area contributed by atoms with Gasteiger partial charge in [-0.25, -0.2) is 0 Å². The van der Waals surface area contributed by atoms with Crippen molar-refractivity contribution in [3.05, 3.63) is 0 Å². The van der Waals surface area contributed by atoms with Gasteiger partial charge in [0, 0.05) is 0 Å². The number of piperidine rings is 1. The minimum atomic E-state index is -1.29.